The molecule has 0 aromatic carbocycles. The monoisotopic (exact) mass is 175 g/mol. The minimum atomic E-state index is 0.437. The highest BCUT2D eigenvalue weighted by molar-refractivity contribution is 5.72. The predicted molar refractivity (Wildman–Crippen MR) is 53.8 cm³/mol. The van der Waals surface area contributed by atoms with Crippen LogP contribution >= 0.6 is 0 Å². The molecule has 0 bridgehead atoms. The minimum Gasteiger partial charge on any atom is -0.360 e. The first kappa shape index (κ1) is 8.10. The van der Waals surface area contributed by atoms with Crippen molar-refractivity contribution >= 4 is 11.8 Å². The van der Waals surface area contributed by atoms with Crippen molar-refractivity contribution < 1.29 is 0 Å². The Morgan fingerprint density at radius 2 is 2.31 bits per heavy atom. The van der Waals surface area contributed by atoms with Gasteiger partial charge in [0.15, 0.2) is 0 Å². The third-order valence-electron chi connectivity index (χ3n) is 2.17. The third kappa shape index (κ3) is 1.16. The molecular formula is C10H13N3. The van der Waals surface area contributed by atoms with Crippen LogP contribution in [0.2, 0.25) is 0 Å². The van der Waals surface area contributed by atoms with Crippen LogP contribution < -0.4 is 5.32 Å². The van der Waals surface area contributed by atoms with E-state index in [-0.39, 0.29) is 0 Å². The van der Waals surface area contributed by atoms with Gasteiger partial charge in [0.05, 0.1) is 17.7 Å². The average Bonchev–Trinajstić information content (AvgIpc) is 2.48. The summed E-state index contributed by atoms with van der Waals surface area (Å²) in [6.45, 7) is 8.17. The van der Waals surface area contributed by atoms with Gasteiger partial charge in [0, 0.05) is 12.2 Å². The second-order valence-corrected chi connectivity index (χ2v) is 3.44. The van der Waals surface area contributed by atoms with Gasteiger partial charge in [-0.1, -0.05) is 6.58 Å². The Hall–Kier alpha value is -1.51. The Bertz CT molecular complexity index is 372. The van der Waals surface area contributed by atoms with Gasteiger partial charge in [-0.05, 0) is 19.9 Å². The highest BCUT2D eigenvalue weighted by Gasteiger charge is 2.15. The number of hydrogen-bond acceptors (Lipinski definition) is 2. The van der Waals surface area contributed by atoms with Crippen LogP contribution in [0.25, 0.3) is 11.8 Å². The van der Waals surface area contributed by atoms with E-state index >= 15 is 0 Å². The van der Waals surface area contributed by atoms with Crippen molar-refractivity contribution in [2.45, 2.75) is 19.9 Å². The van der Waals surface area contributed by atoms with E-state index in [1.165, 1.54) is 0 Å². The molecule has 1 aliphatic heterocycles. The van der Waals surface area contributed by atoms with Gasteiger partial charge in [-0.25, -0.2) is 4.98 Å². The molecule has 1 aliphatic rings. The third-order valence-corrected chi connectivity index (χ3v) is 2.17. The van der Waals surface area contributed by atoms with Gasteiger partial charge in [0.2, 0.25) is 0 Å². The Balaban J connectivity index is 2.55. The zero-order chi connectivity index (χ0) is 9.42. The van der Waals surface area contributed by atoms with E-state index in [2.05, 4.69) is 35.3 Å². The fraction of sp³-hybridized carbons (Fsp3) is 0.300. The van der Waals surface area contributed by atoms with Gasteiger partial charge in [0.25, 0.3) is 0 Å². The van der Waals surface area contributed by atoms with Crippen LogP contribution in [0.4, 0.5) is 0 Å². The molecule has 1 N–H and O–H groups in total. The molecule has 0 amide bonds. The second-order valence-electron chi connectivity index (χ2n) is 3.44. The van der Waals surface area contributed by atoms with Crippen molar-refractivity contribution in [3.05, 3.63) is 30.5 Å². The molecule has 0 radical (unpaired) electrons. The minimum absolute atomic E-state index is 0.437. The summed E-state index contributed by atoms with van der Waals surface area (Å²) in [7, 11) is 0. The molecule has 1 aromatic heterocycles. The number of imidazole rings is 1. The summed E-state index contributed by atoms with van der Waals surface area (Å²) in [6.07, 6.45) is 5.78. The molecule has 0 saturated heterocycles. The smallest absolute Gasteiger partial charge is 0.111 e. The lowest BCUT2D eigenvalue weighted by molar-refractivity contribution is 0.595. The van der Waals surface area contributed by atoms with E-state index in [0.29, 0.717) is 6.04 Å². The van der Waals surface area contributed by atoms with Crippen LogP contribution in [-0.4, -0.2) is 9.55 Å². The van der Waals surface area contributed by atoms with E-state index in [4.69, 9.17) is 0 Å². The first-order valence-electron chi connectivity index (χ1n) is 4.39. The number of fused-ring (bicyclic) bond motifs is 1. The quantitative estimate of drug-likeness (QED) is 0.707. The predicted octanol–water partition coefficient (Wildman–Crippen LogP) is 2.01. The number of aromatic nitrogens is 2. The Labute approximate surface area is 77.8 Å². The molecule has 68 valence electrons. The first-order chi connectivity index (χ1) is 6.20. The molecule has 3 nitrogen and oxygen atoms in total. The largest absolute Gasteiger partial charge is 0.360 e. The fourth-order valence-electron chi connectivity index (χ4n) is 1.47. The van der Waals surface area contributed by atoms with Crippen LogP contribution in [0.5, 0.6) is 0 Å². The SMILES string of the molecule is C=C1NC=Cc2c1ncn2C(C)C. The normalized spacial score (nSPS) is 14.5. The van der Waals surface area contributed by atoms with E-state index in [9.17, 15) is 0 Å². The van der Waals surface area contributed by atoms with Crippen molar-refractivity contribution in [3.8, 4) is 0 Å². The Morgan fingerprint density at radius 3 is 3.00 bits per heavy atom. The van der Waals surface area contributed by atoms with Crippen LogP contribution in [0, 0.1) is 0 Å². The molecule has 0 saturated carbocycles. The number of rotatable bonds is 1. The Morgan fingerprint density at radius 1 is 1.54 bits per heavy atom. The molecule has 0 spiro atoms. The lowest BCUT2D eigenvalue weighted by Crippen LogP contribution is -2.10. The zero-order valence-corrected chi connectivity index (χ0v) is 7.91. The van der Waals surface area contributed by atoms with E-state index in [1.807, 2.05) is 18.6 Å². The van der Waals surface area contributed by atoms with Crippen molar-refractivity contribution in [1.29, 1.82) is 0 Å². The highest BCUT2D eigenvalue weighted by Crippen LogP contribution is 2.22. The fourth-order valence-corrected chi connectivity index (χ4v) is 1.47. The summed E-state index contributed by atoms with van der Waals surface area (Å²) >= 11 is 0. The molecule has 13 heavy (non-hydrogen) atoms. The van der Waals surface area contributed by atoms with Crippen LogP contribution in [0.15, 0.2) is 19.1 Å². The van der Waals surface area contributed by atoms with Gasteiger partial charge in [-0.15, -0.1) is 0 Å². The number of nitrogens with zero attached hydrogens (tertiary/aromatic N) is 2. The van der Waals surface area contributed by atoms with Gasteiger partial charge >= 0.3 is 0 Å². The molecule has 0 aliphatic carbocycles. The molecule has 2 rings (SSSR count). The first-order valence-corrected chi connectivity index (χ1v) is 4.39. The zero-order valence-electron chi connectivity index (χ0n) is 7.91. The topological polar surface area (TPSA) is 29.9 Å². The molecule has 2 heterocycles. The lowest BCUT2D eigenvalue weighted by atomic mass is 10.2. The van der Waals surface area contributed by atoms with E-state index in [1.54, 1.807) is 0 Å². The summed E-state index contributed by atoms with van der Waals surface area (Å²) in [6, 6.07) is 0.437. The maximum absolute atomic E-state index is 4.31. The van der Waals surface area contributed by atoms with Gasteiger partial charge < -0.3 is 9.88 Å². The molecular weight excluding hydrogens is 162 g/mol. The number of hydrogen-bond donors (Lipinski definition) is 1. The molecule has 1 aromatic rings. The van der Waals surface area contributed by atoms with Crippen LogP contribution in [0.1, 0.15) is 31.3 Å². The van der Waals surface area contributed by atoms with Crippen molar-refractivity contribution in [2.75, 3.05) is 0 Å². The maximum Gasteiger partial charge on any atom is 0.111 e. The summed E-state index contributed by atoms with van der Waals surface area (Å²) in [5.41, 5.74) is 2.96. The van der Waals surface area contributed by atoms with E-state index < -0.39 is 0 Å². The average molecular weight is 175 g/mol. The Kier molecular flexibility index (Phi) is 1.72. The van der Waals surface area contributed by atoms with Crippen LogP contribution in [0.3, 0.4) is 0 Å². The highest BCUT2D eigenvalue weighted by atomic mass is 15.1. The second kappa shape index (κ2) is 2.76. The molecule has 0 atom stereocenters. The number of nitrogens with one attached hydrogen (secondary N) is 1. The maximum atomic E-state index is 4.31. The molecule has 3 heteroatoms. The summed E-state index contributed by atoms with van der Waals surface area (Å²) < 4.78 is 2.14. The van der Waals surface area contributed by atoms with Gasteiger partial charge in [-0.3, -0.25) is 0 Å². The summed E-state index contributed by atoms with van der Waals surface area (Å²) in [4.78, 5) is 4.31. The standard InChI is InChI=1S/C10H13N3/c1-7(2)13-6-12-10-8(3)11-5-4-9(10)13/h4-7,11H,3H2,1-2H3. The van der Waals surface area contributed by atoms with Crippen molar-refractivity contribution in [1.82, 2.24) is 14.9 Å². The van der Waals surface area contributed by atoms with Gasteiger partial charge in [0.1, 0.15) is 5.69 Å². The van der Waals surface area contributed by atoms with E-state index in [0.717, 1.165) is 17.1 Å². The summed E-state index contributed by atoms with van der Waals surface area (Å²) in [5.74, 6) is 0. The van der Waals surface area contributed by atoms with Crippen LogP contribution in [-0.2, 0) is 0 Å². The van der Waals surface area contributed by atoms with Crippen molar-refractivity contribution in [3.63, 3.8) is 0 Å². The molecule has 0 unspecified atom stereocenters. The molecule has 0 fully saturated rings. The summed E-state index contributed by atoms with van der Waals surface area (Å²) in [5, 5.41) is 3.04. The lowest BCUT2D eigenvalue weighted by Gasteiger charge is -2.14. The van der Waals surface area contributed by atoms with Crippen molar-refractivity contribution in [2.24, 2.45) is 0 Å². The van der Waals surface area contributed by atoms with Gasteiger partial charge in [-0.2, -0.15) is 0 Å².